The van der Waals surface area contributed by atoms with E-state index >= 15 is 0 Å². The first-order chi connectivity index (χ1) is 8.19. The number of nitrogen functional groups attached to an aromatic ring is 1. The van der Waals surface area contributed by atoms with Crippen LogP contribution in [-0.2, 0) is 0 Å². The smallest absolute Gasteiger partial charge is 0.144 e. The van der Waals surface area contributed by atoms with Crippen molar-refractivity contribution < 1.29 is 9.84 Å². The molecule has 0 bridgehead atoms. The number of hydrogen-bond donors (Lipinski definition) is 3. The number of aliphatic hydroxyl groups is 1. The summed E-state index contributed by atoms with van der Waals surface area (Å²) in [4.78, 5) is 0. The molecule has 1 aliphatic carbocycles. The van der Waals surface area contributed by atoms with Gasteiger partial charge in [0.1, 0.15) is 5.75 Å². The molecular formula is C13H20N2O2. The summed E-state index contributed by atoms with van der Waals surface area (Å²) in [6, 6.07) is 6.09. The highest BCUT2D eigenvalue weighted by atomic mass is 16.5. The van der Waals surface area contributed by atoms with Crippen LogP contribution >= 0.6 is 0 Å². The molecule has 0 spiro atoms. The Morgan fingerprint density at radius 3 is 2.88 bits per heavy atom. The van der Waals surface area contributed by atoms with E-state index in [-0.39, 0.29) is 6.10 Å². The molecule has 1 fully saturated rings. The predicted molar refractivity (Wildman–Crippen MR) is 69.3 cm³/mol. The van der Waals surface area contributed by atoms with Gasteiger partial charge in [-0.2, -0.15) is 0 Å². The first-order valence-electron chi connectivity index (χ1n) is 6.16. The van der Waals surface area contributed by atoms with Gasteiger partial charge in [0.2, 0.25) is 0 Å². The highest BCUT2D eigenvalue weighted by Crippen LogP contribution is 2.29. The Morgan fingerprint density at radius 1 is 1.47 bits per heavy atom. The molecule has 1 aromatic rings. The highest BCUT2D eigenvalue weighted by molar-refractivity contribution is 5.61. The number of nitrogens with two attached hydrogens (primary N) is 1. The Labute approximate surface area is 102 Å². The average molecular weight is 236 g/mol. The van der Waals surface area contributed by atoms with E-state index in [0.717, 1.165) is 30.7 Å². The third-order valence-corrected chi connectivity index (χ3v) is 2.96. The Bertz CT molecular complexity index is 376. The molecule has 2 rings (SSSR count). The summed E-state index contributed by atoms with van der Waals surface area (Å²) in [5, 5.41) is 12.6. The quantitative estimate of drug-likeness (QED) is 0.684. The van der Waals surface area contributed by atoms with Gasteiger partial charge in [-0.1, -0.05) is 6.92 Å². The summed E-state index contributed by atoms with van der Waals surface area (Å²) >= 11 is 0. The Hall–Kier alpha value is -1.42. The second-order valence-corrected chi connectivity index (χ2v) is 4.57. The van der Waals surface area contributed by atoms with Crippen molar-refractivity contribution in [3.05, 3.63) is 18.2 Å². The van der Waals surface area contributed by atoms with Gasteiger partial charge in [0.25, 0.3) is 0 Å². The van der Waals surface area contributed by atoms with Crippen LogP contribution in [0.1, 0.15) is 26.2 Å². The maximum absolute atomic E-state index is 9.23. The molecule has 0 unspecified atom stereocenters. The second kappa shape index (κ2) is 5.27. The summed E-state index contributed by atoms with van der Waals surface area (Å²) < 4.78 is 5.57. The van der Waals surface area contributed by atoms with Gasteiger partial charge in [0.05, 0.1) is 18.4 Å². The molecule has 4 heteroatoms. The number of rotatable bonds is 5. The number of nitrogens with one attached hydrogen (secondary N) is 1. The zero-order valence-corrected chi connectivity index (χ0v) is 10.1. The first-order valence-corrected chi connectivity index (χ1v) is 6.16. The molecule has 0 atom stereocenters. The van der Waals surface area contributed by atoms with Crippen LogP contribution in [-0.4, -0.2) is 23.9 Å². The van der Waals surface area contributed by atoms with Crippen molar-refractivity contribution in [2.75, 3.05) is 17.7 Å². The summed E-state index contributed by atoms with van der Waals surface area (Å²) in [6.45, 7) is 2.74. The number of anilines is 2. The van der Waals surface area contributed by atoms with Crippen molar-refractivity contribution in [3.63, 3.8) is 0 Å². The molecule has 17 heavy (non-hydrogen) atoms. The van der Waals surface area contributed by atoms with Crippen molar-refractivity contribution in [2.45, 2.75) is 38.3 Å². The topological polar surface area (TPSA) is 67.5 Å². The molecule has 94 valence electrons. The molecule has 0 amide bonds. The lowest BCUT2D eigenvalue weighted by Gasteiger charge is -2.32. The maximum atomic E-state index is 9.23. The van der Waals surface area contributed by atoms with Gasteiger partial charge in [-0.25, -0.2) is 0 Å². The fourth-order valence-corrected chi connectivity index (χ4v) is 1.90. The van der Waals surface area contributed by atoms with E-state index in [1.54, 1.807) is 0 Å². The van der Waals surface area contributed by atoms with Crippen molar-refractivity contribution in [1.29, 1.82) is 0 Å². The zero-order valence-electron chi connectivity index (χ0n) is 10.1. The van der Waals surface area contributed by atoms with E-state index in [1.807, 2.05) is 18.2 Å². The van der Waals surface area contributed by atoms with E-state index in [4.69, 9.17) is 10.5 Å². The second-order valence-electron chi connectivity index (χ2n) is 4.57. The molecule has 1 aliphatic rings. The van der Waals surface area contributed by atoms with Crippen LogP contribution in [0.15, 0.2) is 18.2 Å². The summed E-state index contributed by atoms with van der Waals surface area (Å²) in [5.41, 5.74) is 7.50. The zero-order chi connectivity index (χ0) is 12.3. The number of hydrogen-bond acceptors (Lipinski definition) is 4. The first kappa shape index (κ1) is 12.0. The van der Waals surface area contributed by atoms with Crippen LogP contribution in [0.3, 0.4) is 0 Å². The van der Waals surface area contributed by atoms with Crippen molar-refractivity contribution in [2.24, 2.45) is 0 Å². The third-order valence-electron chi connectivity index (χ3n) is 2.96. The van der Waals surface area contributed by atoms with Crippen LogP contribution < -0.4 is 15.8 Å². The largest absolute Gasteiger partial charge is 0.491 e. The standard InChI is InChI=1S/C13H20N2O2/c1-2-5-17-13-8-9(3-4-12(13)14)15-10-6-11(16)7-10/h3-4,8,10-11,15-16H,2,5-7,14H2,1H3. The molecular weight excluding hydrogens is 216 g/mol. The van der Waals surface area contributed by atoms with E-state index in [1.165, 1.54) is 0 Å². The lowest BCUT2D eigenvalue weighted by atomic mass is 9.89. The normalized spacial score (nSPS) is 22.9. The molecule has 1 saturated carbocycles. The SMILES string of the molecule is CCCOc1cc(NC2CC(O)C2)ccc1N. The van der Waals surface area contributed by atoms with Gasteiger partial charge < -0.3 is 20.9 Å². The molecule has 4 N–H and O–H groups in total. The monoisotopic (exact) mass is 236 g/mol. The lowest BCUT2D eigenvalue weighted by molar-refractivity contribution is 0.0836. The average Bonchev–Trinajstić information content (AvgIpc) is 2.27. The number of aliphatic hydroxyl groups excluding tert-OH is 1. The maximum Gasteiger partial charge on any atom is 0.144 e. The van der Waals surface area contributed by atoms with Crippen LogP contribution in [0.2, 0.25) is 0 Å². The number of benzene rings is 1. The van der Waals surface area contributed by atoms with E-state index in [0.29, 0.717) is 18.3 Å². The van der Waals surface area contributed by atoms with Crippen LogP contribution in [0.5, 0.6) is 5.75 Å². The fraction of sp³-hybridized carbons (Fsp3) is 0.538. The van der Waals surface area contributed by atoms with E-state index in [2.05, 4.69) is 12.2 Å². The van der Waals surface area contributed by atoms with Crippen molar-refractivity contribution >= 4 is 11.4 Å². The minimum Gasteiger partial charge on any atom is -0.491 e. The van der Waals surface area contributed by atoms with Crippen molar-refractivity contribution in [1.82, 2.24) is 0 Å². The fourth-order valence-electron chi connectivity index (χ4n) is 1.90. The molecule has 0 aliphatic heterocycles. The minimum absolute atomic E-state index is 0.142. The molecule has 0 aromatic heterocycles. The van der Waals surface area contributed by atoms with Crippen LogP contribution in [0.25, 0.3) is 0 Å². The van der Waals surface area contributed by atoms with Gasteiger partial charge >= 0.3 is 0 Å². The Morgan fingerprint density at radius 2 is 2.24 bits per heavy atom. The number of ether oxygens (including phenoxy) is 1. The predicted octanol–water partition coefficient (Wildman–Crippen LogP) is 1.99. The molecule has 4 nitrogen and oxygen atoms in total. The Kier molecular flexibility index (Phi) is 3.74. The van der Waals surface area contributed by atoms with Crippen molar-refractivity contribution in [3.8, 4) is 5.75 Å². The highest BCUT2D eigenvalue weighted by Gasteiger charge is 2.26. The van der Waals surface area contributed by atoms with Crippen LogP contribution in [0, 0.1) is 0 Å². The van der Waals surface area contributed by atoms with Gasteiger partial charge in [0.15, 0.2) is 0 Å². The summed E-state index contributed by atoms with van der Waals surface area (Å²) in [7, 11) is 0. The van der Waals surface area contributed by atoms with Gasteiger partial charge in [-0.3, -0.25) is 0 Å². The van der Waals surface area contributed by atoms with Gasteiger partial charge in [-0.15, -0.1) is 0 Å². The van der Waals surface area contributed by atoms with Gasteiger partial charge in [-0.05, 0) is 31.4 Å². The third kappa shape index (κ3) is 3.03. The Balaban J connectivity index is 1.97. The van der Waals surface area contributed by atoms with E-state index in [9.17, 15) is 5.11 Å². The van der Waals surface area contributed by atoms with E-state index < -0.39 is 0 Å². The lowest BCUT2D eigenvalue weighted by Crippen LogP contribution is -2.38. The molecule has 0 radical (unpaired) electrons. The molecule has 0 saturated heterocycles. The summed E-state index contributed by atoms with van der Waals surface area (Å²) in [6.07, 6.45) is 2.45. The molecule has 0 heterocycles. The summed E-state index contributed by atoms with van der Waals surface area (Å²) in [5.74, 6) is 0.733. The minimum atomic E-state index is -0.142. The van der Waals surface area contributed by atoms with Gasteiger partial charge in [0, 0.05) is 17.8 Å². The molecule has 1 aromatic carbocycles. The van der Waals surface area contributed by atoms with Crippen LogP contribution in [0.4, 0.5) is 11.4 Å².